The van der Waals surface area contributed by atoms with Crippen molar-refractivity contribution in [2.45, 2.75) is 47.0 Å². The summed E-state index contributed by atoms with van der Waals surface area (Å²) in [5.41, 5.74) is -0.149. The van der Waals surface area contributed by atoms with E-state index < -0.39 is 6.29 Å². The molecule has 0 radical (unpaired) electrons. The van der Waals surface area contributed by atoms with E-state index in [1.54, 1.807) is 0 Å². The number of carbonyl (C=O) groups excluding carboxylic acids is 1. The highest BCUT2D eigenvalue weighted by Crippen LogP contribution is 2.30. The molecule has 3 heteroatoms. The normalized spacial score (nSPS) is 35.8. The highest BCUT2D eigenvalue weighted by atomic mass is 16.7. The molecule has 0 amide bonds. The lowest BCUT2D eigenvalue weighted by atomic mass is 9.94. The van der Waals surface area contributed by atoms with Crippen molar-refractivity contribution in [3.63, 3.8) is 0 Å². The van der Waals surface area contributed by atoms with Crippen LogP contribution in [0.1, 0.15) is 34.6 Å². The van der Waals surface area contributed by atoms with Gasteiger partial charge in [0.05, 0.1) is 12.0 Å². The van der Waals surface area contributed by atoms with E-state index in [1.807, 2.05) is 34.6 Å². The van der Waals surface area contributed by atoms with E-state index in [2.05, 4.69) is 0 Å². The molecule has 1 saturated heterocycles. The van der Waals surface area contributed by atoms with E-state index in [0.717, 1.165) is 0 Å². The van der Waals surface area contributed by atoms with Gasteiger partial charge in [-0.05, 0) is 13.8 Å². The van der Waals surface area contributed by atoms with Gasteiger partial charge in [0.1, 0.15) is 0 Å². The van der Waals surface area contributed by atoms with Gasteiger partial charge in [0.15, 0.2) is 0 Å². The van der Waals surface area contributed by atoms with Crippen molar-refractivity contribution in [3.8, 4) is 0 Å². The Balaban J connectivity index is 2.69. The standard InChI is InChI=1S/C10H18O3/c1-6-7(2)12-9(10(3,4)5)13-8(6)11/h6-7,9H,1-5H3/t6-,7+,9+/m0/s1. The molecule has 1 rings (SSSR count). The Morgan fingerprint density at radius 2 is 1.77 bits per heavy atom. The first-order chi connectivity index (χ1) is 5.82. The van der Waals surface area contributed by atoms with E-state index in [4.69, 9.17) is 9.47 Å². The molecular weight excluding hydrogens is 168 g/mol. The summed E-state index contributed by atoms with van der Waals surface area (Å²) in [6.07, 6.45) is -0.461. The fraction of sp³-hybridized carbons (Fsp3) is 0.900. The van der Waals surface area contributed by atoms with Gasteiger partial charge in [0, 0.05) is 5.41 Å². The lowest BCUT2D eigenvalue weighted by Crippen LogP contribution is -2.46. The quantitative estimate of drug-likeness (QED) is 0.542. The number of cyclic esters (lactones) is 1. The Labute approximate surface area is 79.4 Å². The fourth-order valence-electron chi connectivity index (χ4n) is 1.13. The topological polar surface area (TPSA) is 35.5 Å². The van der Waals surface area contributed by atoms with Gasteiger partial charge in [-0.1, -0.05) is 20.8 Å². The number of carbonyl (C=O) groups is 1. The molecule has 1 aliphatic rings. The second kappa shape index (κ2) is 3.29. The minimum Gasteiger partial charge on any atom is -0.435 e. The van der Waals surface area contributed by atoms with Crippen LogP contribution < -0.4 is 0 Å². The summed E-state index contributed by atoms with van der Waals surface area (Å²) in [5.74, 6) is -0.308. The van der Waals surface area contributed by atoms with Gasteiger partial charge in [0.25, 0.3) is 0 Å². The first-order valence-electron chi connectivity index (χ1n) is 4.68. The molecule has 0 N–H and O–H groups in total. The Morgan fingerprint density at radius 1 is 1.23 bits per heavy atom. The van der Waals surface area contributed by atoms with Crippen LogP contribution in [0, 0.1) is 11.3 Å². The molecule has 13 heavy (non-hydrogen) atoms. The Hall–Kier alpha value is -0.570. The van der Waals surface area contributed by atoms with Crippen LogP contribution in [0.15, 0.2) is 0 Å². The lowest BCUT2D eigenvalue weighted by molar-refractivity contribution is -0.252. The van der Waals surface area contributed by atoms with Crippen LogP contribution >= 0.6 is 0 Å². The monoisotopic (exact) mass is 186 g/mol. The summed E-state index contributed by atoms with van der Waals surface area (Å²) >= 11 is 0. The predicted molar refractivity (Wildman–Crippen MR) is 49.0 cm³/mol. The van der Waals surface area contributed by atoms with Crippen molar-refractivity contribution in [2.24, 2.45) is 11.3 Å². The van der Waals surface area contributed by atoms with Gasteiger partial charge in [0.2, 0.25) is 6.29 Å². The van der Waals surface area contributed by atoms with E-state index >= 15 is 0 Å². The van der Waals surface area contributed by atoms with Gasteiger partial charge in [-0.3, -0.25) is 4.79 Å². The van der Waals surface area contributed by atoms with Gasteiger partial charge >= 0.3 is 5.97 Å². The average molecular weight is 186 g/mol. The Kier molecular flexibility index (Phi) is 2.66. The molecule has 76 valence electrons. The molecule has 0 aliphatic carbocycles. The zero-order valence-electron chi connectivity index (χ0n) is 8.96. The molecule has 3 atom stereocenters. The molecule has 0 spiro atoms. The maximum absolute atomic E-state index is 11.4. The first kappa shape index (κ1) is 10.5. The molecule has 0 unspecified atom stereocenters. The van der Waals surface area contributed by atoms with E-state index in [1.165, 1.54) is 0 Å². The molecule has 0 saturated carbocycles. The van der Waals surface area contributed by atoms with Gasteiger partial charge in [-0.2, -0.15) is 0 Å². The first-order valence-corrected chi connectivity index (χ1v) is 4.68. The number of hydrogen-bond acceptors (Lipinski definition) is 3. The largest absolute Gasteiger partial charge is 0.435 e. The molecular formula is C10H18O3. The number of rotatable bonds is 0. The Morgan fingerprint density at radius 3 is 2.15 bits per heavy atom. The average Bonchev–Trinajstić information content (AvgIpc) is 1.97. The number of esters is 1. The molecule has 1 aliphatic heterocycles. The van der Waals surface area contributed by atoms with Crippen molar-refractivity contribution >= 4 is 5.97 Å². The minimum absolute atomic E-state index is 0.0505. The lowest BCUT2D eigenvalue weighted by Gasteiger charge is -2.38. The van der Waals surface area contributed by atoms with Gasteiger partial charge in [-0.15, -0.1) is 0 Å². The van der Waals surface area contributed by atoms with Crippen LogP contribution in [0.2, 0.25) is 0 Å². The summed E-state index contributed by atoms with van der Waals surface area (Å²) in [4.78, 5) is 11.4. The summed E-state index contributed by atoms with van der Waals surface area (Å²) in [6, 6.07) is 0. The van der Waals surface area contributed by atoms with Crippen molar-refractivity contribution in [3.05, 3.63) is 0 Å². The van der Waals surface area contributed by atoms with Crippen molar-refractivity contribution in [1.82, 2.24) is 0 Å². The van der Waals surface area contributed by atoms with Crippen molar-refractivity contribution in [1.29, 1.82) is 0 Å². The molecule has 0 aromatic heterocycles. The number of hydrogen-bond donors (Lipinski definition) is 0. The van der Waals surface area contributed by atoms with E-state index in [9.17, 15) is 4.79 Å². The highest BCUT2D eigenvalue weighted by Gasteiger charge is 2.39. The molecule has 0 aromatic rings. The molecule has 0 aromatic carbocycles. The second-order valence-corrected chi connectivity index (χ2v) is 4.76. The van der Waals surface area contributed by atoms with Gasteiger partial charge in [-0.25, -0.2) is 0 Å². The van der Waals surface area contributed by atoms with Crippen molar-refractivity contribution in [2.75, 3.05) is 0 Å². The zero-order chi connectivity index (χ0) is 10.2. The van der Waals surface area contributed by atoms with Crippen LogP contribution in [0.3, 0.4) is 0 Å². The van der Waals surface area contributed by atoms with Crippen molar-refractivity contribution < 1.29 is 14.3 Å². The maximum atomic E-state index is 11.4. The smallest absolute Gasteiger partial charge is 0.313 e. The molecule has 0 bridgehead atoms. The minimum atomic E-state index is -0.411. The third-order valence-electron chi connectivity index (χ3n) is 2.34. The maximum Gasteiger partial charge on any atom is 0.313 e. The third-order valence-corrected chi connectivity index (χ3v) is 2.34. The van der Waals surface area contributed by atoms with Gasteiger partial charge < -0.3 is 9.47 Å². The second-order valence-electron chi connectivity index (χ2n) is 4.76. The van der Waals surface area contributed by atoms with Crippen LogP contribution in [0.25, 0.3) is 0 Å². The summed E-state index contributed by atoms with van der Waals surface area (Å²) in [5, 5.41) is 0. The van der Waals surface area contributed by atoms with E-state index in [-0.39, 0.29) is 23.4 Å². The summed E-state index contributed by atoms with van der Waals surface area (Å²) in [6.45, 7) is 9.71. The van der Waals surface area contributed by atoms with Crippen LogP contribution in [-0.2, 0) is 14.3 Å². The highest BCUT2D eigenvalue weighted by molar-refractivity contribution is 5.73. The third kappa shape index (κ3) is 2.21. The molecule has 3 nitrogen and oxygen atoms in total. The summed E-state index contributed by atoms with van der Waals surface area (Å²) in [7, 11) is 0. The molecule has 1 fully saturated rings. The summed E-state index contributed by atoms with van der Waals surface area (Å²) < 4.78 is 10.8. The van der Waals surface area contributed by atoms with E-state index in [0.29, 0.717) is 0 Å². The van der Waals surface area contributed by atoms with Crippen LogP contribution in [0.5, 0.6) is 0 Å². The van der Waals surface area contributed by atoms with Crippen LogP contribution in [-0.4, -0.2) is 18.4 Å². The SMILES string of the molecule is C[C@@H]1C(=O)O[C@H](C(C)(C)C)O[C@@H]1C. The number of ether oxygens (including phenoxy) is 2. The Bertz CT molecular complexity index is 205. The fourth-order valence-corrected chi connectivity index (χ4v) is 1.13. The van der Waals surface area contributed by atoms with Crippen LogP contribution in [0.4, 0.5) is 0 Å². The zero-order valence-corrected chi connectivity index (χ0v) is 8.96. The predicted octanol–water partition coefficient (Wildman–Crippen LogP) is 1.96. The molecule has 1 heterocycles.